The van der Waals surface area contributed by atoms with Crippen molar-refractivity contribution in [1.29, 1.82) is 0 Å². The van der Waals surface area contributed by atoms with Crippen LogP contribution in [0.4, 0.5) is 11.4 Å². The molecule has 7 heteroatoms. The lowest BCUT2D eigenvalue weighted by Crippen LogP contribution is -2.35. The molecule has 3 aromatic rings. The van der Waals surface area contributed by atoms with Crippen LogP contribution in [0.5, 0.6) is 0 Å². The number of anilines is 2. The van der Waals surface area contributed by atoms with E-state index in [-0.39, 0.29) is 16.8 Å². The highest BCUT2D eigenvalue weighted by molar-refractivity contribution is 7.92. The largest absolute Gasteiger partial charge is 0.322 e. The Hall–Kier alpha value is -2.83. The summed E-state index contributed by atoms with van der Waals surface area (Å²) >= 11 is 5.89. The molecule has 148 valence electrons. The molecule has 0 radical (unpaired) electrons. The Kier molecular flexibility index (Phi) is 5.06. The van der Waals surface area contributed by atoms with Crippen molar-refractivity contribution >= 4 is 38.9 Å². The average Bonchev–Trinajstić information content (AvgIpc) is 3.04. The molecular formula is C22H19ClN2O3S. The van der Waals surface area contributed by atoms with Crippen LogP contribution < -0.4 is 9.62 Å². The molecule has 1 aliphatic rings. The van der Waals surface area contributed by atoms with Crippen LogP contribution >= 0.6 is 11.6 Å². The fraction of sp³-hybridized carbons (Fsp3) is 0.136. The smallest absolute Gasteiger partial charge is 0.264 e. The number of benzene rings is 3. The first-order chi connectivity index (χ1) is 13.9. The van der Waals surface area contributed by atoms with Gasteiger partial charge in [0.2, 0.25) is 0 Å². The molecule has 1 aliphatic heterocycles. The Morgan fingerprint density at radius 3 is 2.41 bits per heavy atom. The van der Waals surface area contributed by atoms with E-state index in [1.165, 1.54) is 16.4 Å². The molecule has 1 N–H and O–H groups in total. The standard InChI is InChI=1S/C22H19ClN2O3S/c1-15-13-17-14-16(22(26)24-19-5-3-2-4-6-19)7-12-21(17)25(15)29(27,28)20-10-8-18(23)9-11-20/h2-12,14-15H,13H2,1H3,(H,24,26)/t15-/m0/s1. The molecule has 0 saturated heterocycles. The number of para-hydroxylation sites is 1. The van der Waals surface area contributed by atoms with Gasteiger partial charge in [-0.1, -0.05) is 29.8 Å². The number of hydrogen-bond acceptors (Lipinski definition) is 3. The maximum Gasteiger partial charge on any atom is 0.264 e. The van der Waals surface area contributed by atoms with Crippen molar-refractivity contribution in [3.8, 4) is 0 Å². The van der Waals surface area contributed by atoms with E-state index in [2.05, 4.69) is 5.32 Å². The first-order valence-electron chi connectivity index (χ1n) is 9.15. The Bertz CT molecular complexity index is 1160. The molecule has 0 unspecified atom stereocenters. The molecular weight excluding hydrogens is 408 g/mol. The summed E-state index contributed by atoms with van der Waals surface area (Å²) < 4.78 is 27.8. The second-order valence-corrected chi connectivity index (χ2v) is 9.22. The van der Waals surface area contributed by atoms with Crippen LogP contribution in [-0.2, 0) is 16.4 Å². The Morgan fingerprint density at radius 1 is 1.03 bits per heavy atom. The number of fused-ring (bicyclic) bond motifs is 1. The van der Waals surface area contributed by atoms with Crippen LogP contribution in [0.1, 0.15) is 22.8 Å². The van der Waals surface area contributed by atoms with Gasteiger partial charge < -0.3 is 5.32 Å². The lowest BCUT2D eigenvalue weighted by molar-refractivity contribution is 0.102. The third kappa shape index (κ3) is 3.73. The summed E-state index contributed by atoms with van der Waals surface area (Å²) in [4.78, 5) is 12.8. The van der Waals surface area contributed by atoms with Crippen molar-refractivity contribution in [3.05, 3.63) is 88.9 Å². The lowest BCUT2D eigenvalue weighted by Gasteiger charge is -2.24. The summed E-state index contributed by atoms with van der Waals surface area (Å²) in [6.45, 7) is 1.86. The molecule has 1 amide bonds. The second kappa shape index (κ2) is 7.54. The van der Waals surface area contributed by atoms with Crippen LogP contribution in [0.2, 0.25) is 5.02 Å². The molecule has 0 saturated carbocycles. The van der Waals surface area contributed by atoms with Gasteiger partial charge in [-0.3, -0.25) is 9.10 Å². The maximum absolute atomic E-state index is 13.2. The number of carbonyl (C=O) groups excluding carboxylic acids is 1. The highest BCUT2D eigenvalue weighted by Gasteiger charge is 2.36. The van der Waals surface area contributed by atoms with Crippen LogP contribution in [0.25, 0.3) is 0 Å². The summed E-state index contributed by atoms with van der Waals surface area (Å²) in [5, 5.41) is 3.33. The molecule has 0 bridgehead atoms. The Labute approximate surface area is 175 Å². The van der Waals surface area contributed by atoms with Gasteiger partial charge in [-0.15, -0.1) is 0 Å². The van der Waals surface area contributed by atoms with Gasteiger partial charge in [-0.2, -0.15) is 0 Å². The summed E-state index contributed by atoms with van der Waals surface area (Å²) in [6.07, 6.45) is 0.536. The van der Waals surface area contributed by atoms with E-state index in [0.29, 0.717) is 28.4 Å². The molecule has 29 heavy (non-hydrogen) atoms. The van der Waals surface area contributed by atoms with Crippen molar-refractivity contribution < 1.29 is 13.2 Å². The average molecular weight is 427 g/mol. The zero-order chi connectivity index (χ0) is 20.6. The van der Waals surface area contributed by atoms with Gasteiger partial charge in [-0.25, -0.2) is 8.42 Å². The third-order valence-corrected chi connectivity index (χ3v) is 7.09. The van der Waals surface area contributed by atoms with Crippen molar-refractivity contribution in [2.45, 2.75) is 24.3 Å². The quantitative estimate of drug-likeness (QED) is 0.655. The van der Waals surface area contributed by atoms with Gasteiger partial charge in [0.1, 0.15) is 0 Å². The number of rotatable bonds is 4. The molecule has 1 heterocycles. The van der Waals surface area contributed by atoms with E-state index < -0.39 is 10.0 Å². The Morgan fingerprint density at radius 2 is 1.72 bits per heavy atom. The fourth-order valence-corrected chi connectivity index (χ4v) is 5.37. The maximum atomic E-state index is 13.2. The van der Waals surface area contributed by atoms with Crippen LogP contribution in [-0.4, -0.2) is 20.4 Å². The summed E-state index contributed by atoms with van der Waals surface area (Å²) in [7, 11) is -3.73. The van der Waals surface area contributed by atoms with Crippen molar-refractivity contribution in [2.75, 3.05) is 9.62 Å². The topological polar surface area (TPSA) is 66.5 Å². The zero-order valence-electron chi connectivity index (χ0n) is 15.7. The van der Waals surface area contributed by atoms with E-state index in [0.717, 1.165) is 5.56 Å². The molecule has 0 aromatic heterocycles. The first kappa shape index (κ1) is 19.5. The van der Waals surface area contributed by atoms with Crippen LogP contribution in [0.3, 0.4) is 0 Å². The SMILES string of the molecule is C[C@H]1Cc2cc(C(=O)Nc3ccccc3)ccc2N1S(=O)(=O)c1ccc(Cl)cc1. The summed E-state index contributed by atoms with van der Waals surface area (Å²) in [5.41, 5.74) is 2.63. The predicted octanol–water partition coefficient (Wildman–Crippen LogP) is 4.73. The Balaban J connectivity index is 1.64. The highest BCUT2D eigenvalue weighted by atomic mass is 35.5. The monoisotopic (exact) mass is 426 g/mol. The molecule has 5 nitrogen and oxygen atoms in total. The number of halogens is 1. The number of sulfonamides is 1. The van der Waals surface area contributed by atoms with E-state index in [4.69, 9.17) is 11.6 Å². The highest BCUT2D eigenvalue weighted by Crippen LogP contribution is 2.37. The molecule has 1 atom stereocenters. The lowest BCUT2D eigenvalue weighted by atomic mass is 10.1. The molecule has 0 aliphatic carbocycles. The number of nitrogens with zero attached hydrogens (tertiary/aromatic N) is 1. The first-order valence-corrected chi connectivity index (χ1v) is 11.0. The van der Waals surface area contributed by atoms with Crippen LogP contribution in [0, 0.1) is 0 Å². The van der Waals surface area contributed by atoms with Gasteiger partial charge in [0, 0.05) is 22.3 Å². The number of hydrogen-bond donors (Lipinski definition) is 1. The minimum Gasteiger partial charge on any atom is -0.322 e. The fourth-order valence-electron chi connectivity index (χ4n) is 3.56. The third-order valence-electron chi connectivity index (χ3n) is 4.90. The van der Waals surface area contributed by atoms with Gasteiger partial charge in [0.15, 0.2) is 0 Å². The van der Waals surface area contributed by atoms with Gasteiger partial charge in [0.05, 0.1) is 10.6 Å². The normalized spacial score (nSPS) is 15.8. The summed E-state index contributed by atoms with van der Waals surface area (Å²) in [5.74, 6) is -0.231. The molecule has 0 spiro atoms. The zero-order valence-corrected chi connectivity index (χ0v) is 17.2. The van der Waals surface area contributed by atoms with E-state index >= 15 is 0 Å². The van der Waals surface area contributed by atoms with Crippen molar-refractivity contribution in [3.63, 3.8) is 0 Å². The van der Waals surface area contributed by atoms with Gasteiger partial charge >= 0.3 is 0 Å². The number of amides is 1. The minimum atomic E-state index is -3.73. The number of nitrogens with one attached hydrogen (secondary N) is 1. The van der Waals surface area contributed by atoms with E-state index in [9.17, 15) is 13.2 Å². The van der Waals surface area contributed by atoms with Crippen molar-refractivity contribution in [2.24, 2.45) is 0 Å². The minimum absolute atomic E-state index is 0.187. The van der Waals surface area contributed by atoms with Crippen molar-refractivity contribution in [1.82, 2.24) is 0 Å². The van der Waals surface area contributed by atoms with Crippen LogP contribution in [0.15, 0.2) is 77.7 Å². The molecule has 0 fully saturated rings. The molecule has 4 rings (SSSR count). The van der Waals surface area contributed by atoms with Gasteiger partial charge in [0.25, 0.3) is 15.9 Å². The number of carbonyl (C=O) groups is 1. The van der Waals surface area contributed by atoms with E-state index in [1.54, 1.807) is 30.3 Å². The molecule has 3 aromatic carbocycles. The van der Waals surface area contributed by atoms with E-state index in [1.807, 2.05) is 37.3 Å². The van der Waals surface area contributed by atoms with Gasteiger partial charge in [-0.05, 0) is 73.5 Å². The summed E-state index contributed by atoms with van der Waals surface area (Å²) in [6, 6.07) is 20.2. The predicted molar refractivity (Wildman–Crippen MR) is 115 cm³/mol. The second-order valence-electron chi connectivity index (χ2n) is 6.97.